The van der Waals surface area contributed by atoms with E-state index >= 15 is 0 Å². The molecular formula is C31H45NO6S. The number of benzene rings is 1. The molecule has 0 bridgehead atoms. The van der Waals surface area contributed by atoms with Crippen molar-refractivity contribution in [2.45, 2.75) is 111 Å². The van der Waals surface area contributed by atoms with Crippen molar-refractivity contribution >= 4 is 33.3 Å². The van der Waals surface area contributed by atoms with Crippen molar-refractivity contribution < 1.29 is 29.6 Å². The zero-order chi connectivity index (χ0) is 28.7. The fraction of sp³-hybridized carbons (Fsp3) is 0.645. The van der Waals surface area contributed by atoms with Gasteiger partial charge in [-0.3, -0.25) is 9.59 Å². The minimum atomic E-state index is -1.25. The number of nitrogens with zero attached hydrogens (tertiary/aromatic N) is 1. The van der Waals surface area contributed by atoms with Crippen molar-refractivity contribution in [3.8, 4) is 0 Å². The summed E-state index contributed by atoms with van der Waals surface area (Å²) in [5.41, 5.74) is 1.48. The summed E-state index contributed by atoms with van der Waals surface area (Å²) in [4.78, 5) is 31.3. The Bertz CT molecular complexity index is 1160. The van der Waals surface area contributed by atoms with E-state index in [1.807, 2.05) is 25.1 Å². The van der Waals surface area contributed by atoms with E-state index in [2.05, 4.69) is 24.9 Å². The van der Waals surface area contributed by atoms with E-state index in [-0.39, 0.29) is 24.7 Å². The summed E-state index contributed by atoms with van der Waals surface area (Å²) in [7, 11) is 0. The Labute approximate surface area is 236 Å². The van der Waals surface area contributed by atoms with Crippen LogP contribution in [0, 0.1) is 17.3 Å². The Morgan fingerprint density at radius 2 is 1.95 bits per heavy atom. The summed E-state index contributed by atoms with van der Waals surface area (Å²) in [6.07, 6.45) is 4.39. The number of carbonyl (C=O) groups is 2. The molecule has 1 aromatic heterocycles. The molecule has 0 radical (unpaired) electrons. The van der Waals surface area contributed by atoms with E-state index in [0.29, 0.717) is 17.8 Å². The summed E-state index contributed by atoms with van der Waals surface area (Å²) in [6, 6.07) is 5.72. The second-order valence-corrected chi connectivity index (χ2v) is 12.8. The highest BCUT2D eigenvalue weighted by atomic mass is 32.1. The van der Waals surface area contributed by atoms with Gasteiger partial charge < -0.3 is 20.1 Å². The average Bonchev–Trinajstić information content (AvgIpc) is 3.32. The molecule has 0 unspecified atom stereocenters. The number of thiazole rings is 1. The molecule has 0 fully saturated rings. The van der Waals surface area contributed by atoms with Gasteiger partial charge in [-0.2, -0.15) is 0 Å². The third kappa shape index (κ3) is 7.97. The molecule has 1 aromatic carbocycles. The molecule has 0 spiro atoms. The number of cyclic esters (lactones) is 1. The third-order valence-corrected chi connectivity index (χ3v) is 9.20. The Balaban J connectivity index is 1.92. The number of aliphatic hydroxyl groups excluding tert-OH is 3. The fourth-order valence-corrected chi connectivity index (χ4v) is 6.14. The van der Waals surface area contributed by atoms with Crippen LogP contribution in [0.5, 0.6) is 0 Å². The number of allylic oxidation sites excluding steroid dienone is 1. The molecule has 2 heterocycles. The molecule has 5 atom stereocenters. The highest BCUT2D eigenvalue weighted by molar-refractivity contribution is 7.18. The molecule has 0 aliphatic carbocycles. The van der Waals surface area contributed by atoms with Crippen molar-refractivity contribution in [3.63, 3.8) is 0 Å². The van der Waals surface area contributed by atoms with Crippen LogP contribution in [-0.4, -0.2) is 44.3 Å². The van der Waals surface area contributed by atoms with Gasteiger partial charge in [0.1, 0.15) is 16.9 Å². The van der Waals surface area contributed by atoms with E-state index < -0.39 is 35.6 Å². The Morgan fingerprint density at radius 3 is 2.64 bits per heavy atom. The van der Waals surface area contributed by atoms with Gasteiger partial charge in [-0.15, -0.1) is 11.3 Å². The lowest BCUT2D eigenvalue weighted by Crippen LogP contribution is -2.46. The molecule has 0 saturated heterocycles. The maximum atomic E-state index is 13.7. The summed E-state index contributed by atoms with van der Waals surface area (Å²) < 4.78 is 6.86. The first-order valence-electron chi connectivity index (χ1n) is 14.2. The van der Waals surface area contributed by atoms with E-state index in [4.69, 9.17) is 4.74 Å². The van der Waals surface area contributed by atoms with Gasteiger partial charge >= 0.3 is 5.97 Å². The molecule has 8 heteroatoms. The molecule has 2 aromatic rings. The number of Topliss-reactive ketones (excluding diaryl/α,β-unsaturated/α-hetero) is 1. The van der Waals surface area contributed by atoms with E-state index in [9.17, 15) is 24.9 Å². The zero-order valence-electron chi connectivity index (χ0n) is 24.0. The maximum absolute atomic E-state index is 13.7. The van der Waals surface area contributed by atoms with Gasteiger partial charge in [0.05, 0.1) is 40.9 Å². The number of aliphatic hydroxyl groups is 3. The highest BCUT2D eigenvalue weighted by Crippen LogP contribution is 2.36. The lowest BCUT2D eigenvalue weighted by Gasteiger charge is -2.36. The molecule has 0 amide bonds. The number of aromatic nitrogens is 1. The molecule has 216 valence electrons. The molecule has 3 N–H and O–H groups in total. The number of rotatable bonds is 5. The predicted octanol–water partition coefficient (Wildman–Crippen LogP) is 6.04. The quantitative estimate of drug-likeness (QED) is 0.302. The first-order chi connectivity index (χ1) is 18.5. The number of esters is 1. The molecule has 39 heavy (non-hydrogen) atoms. The van der Waals surface area contributed by atoms with Crippen LogP contribution in [0.1, 0.15) is 103 Å². The maximum Gasteiger partial charge on any atom is 0.309 e. The van der Waals surface area contributed by atoms with Crippen LogP contribution in [0.4, 0.5) is 0 Å². The number of hydrogen-bond donors (Lipinski definition) is 3. The Morgan fingerprint density at radius 1 is 1.21 bits per heavy atom. The average molecular weight is 560 g/mol. The van der Waals surface area contributed by atoms with E-state index in [1.54, 1.807) is 13.8 Å². The summed E-state index contributed by atoms with van der Waals surface area (Å²) in [6.45, 7) is 9.29. The number of ketones is 1. The van der Waals surface area contributed by atoms with Crippen LogP contribution in [0.3, 0.4) is 0 Å². The molecule has 1 aliphatic rings. The molecule has 3 rings (SSSR count). The largest absolute Gasteiger partial charge is 0.457 e. The monoisotopic (exact) mass is 559 g/mol. The summed E-state index contributed by atoms with van der Waals surface area (Å²) >= 11 is 1.42. The lowest BCUT2D eigenvalue weighted by molar-refractivity contribution is -0.156. The zero-order valence-corrected chi connectivity index (χ0v) is 24.8. The lowest BCUT2D eigenvalue weighted by atomic mass is 9.71. The normalized spacial score (nSPS) is 29.1. The minimum absolute atomic E-state index is 0.0594. The number of unbranched alkanes of at least 4 members (excludes halogenated alkanes) is 1. The van der Waals surface area contributed by atoms with Gasteiger partial charge in [-0.05, 0) is 56.2 Å². The van der Waals surface area contributed by atoms with Crippen LogP contribution >= 0.6 is 11.3 Å². The standard InChI is InChI=1S/C31H45NO6S/c1-6-7-11-22-29(36)20(3)10-8-9-19(2)12-14-24(38-28(35)17-26(34)31(4,5)30(22)37)21-13-15-25-23(16-21)32-27(18-33)39-25/h12-13,15-16,20,22,24,26,29,33-34,36H,6-11,14,17-18H2,1-5H3/b19-12+/t20-,22+,24-,26-,29-/m0/s1. The van der Waals surface area contributed by atoms with Crippen molar-refractivity contribution in [2.75, 3.05) is 0 Å². The number of fused-ring (bicyclic) bond motifs is 1. The number of carbonyl (C=O) groups excluding carboxylic acids is 2. The van der Waals surface area contributed by atoms with Crippen LogP contribution in [-0.2, 0) is 20.9 Å². The van der Waals surface area contributed by atoms with Crippen molar-refractivity contribution in [3.05, 3.63) is 40.4 Å². The van der Waals surface area contributed by atoms with Gasteiger partial charge in [0, 0.05) is 12.3 Å². The van der Waals surface area contributed by atoms with Crippen molar-refractivity contribution in [1.29, 1.82) is 0 Å². The van der Waals surface area contributed by atoms with Gasteiger partial charge in [-0.1, -0.05) is 58.3 Å². The third-order valence-electron chi connectivity index (χ3n) is 8.18. The van der Waals surface area contributed by atoms with Crippen LogP contribution in [0.2, 0.25) is 0 Å². The Kier molecular flexibility index (Phi) is 11.2. The second-order valence-electron chi connectivity index (χ2n) is 11.7. The molecule has 1 aliphatic heterocycles. The van der Waals surface area contributed by atoms with E-state index in [0.717, 1.165) is 47.9 Å². The first-order valence-corrected chi connectivity index (χ1v) is 15.0. The Hall–Kier alpha value is -2.13. The van der Waals surface area contributed by atoms with E-state index in [1.165, 1.54) is 16.9 Å². The van der Waals surface area contributed by atoms with Crippen molar-refractivity contribution in [1.82, 2.24) is 4.98 Å². The minimum Gasteiger partial charge on any atom is -0.457 e. The van der Waals surface area contributed by atoms with Gasteiger partial charge in [-0.25, -0.2) is 4.98 Å². The highest BCUT2D eigenvalue weighted by Gasteiger charge is 2.43. The summed E-state index contributed by atoms with van der Waals surface area (Å²) in [5.74, 6) is -1.44. The van der Waals surface area contributed by atoms with Crippen LogP contribution < -0.4 is 0 Å². The fourth-order valence-electron chi connectivity index (χ4n) is 5.34. The van der Waals surface area contributed by atoms with Gasteiger partial charge in [0.25, 0.3) is 0 Å². The number of ether oxygens (including phenoxy) is 1. The van der Waals surface area contributed by atoms with Crippen molar-refractivity contribution in [2.24, 2.45) is 17.3 Å². The van der Waals surface area contributed by atoms with Crippen LogP contribution in [0.15, 0.2) is 29.8 Å². The van der Waals surface area contributed by atoms with Gasteiger partial charge in [0.15, 0.2) is 0 Å². The summed E-state index contributed by atoms with van der Waals surface area (Å²) in [5, 5.41) is 32.4. The molecule has 0 saturated carbocycles. The van der Waals surface area contributed by atoms with Gasteiger partial charge in [0.2, 0.25) is 0 Å². The number of hydrogen-bond acceptors (Lipinski definition) is 8. The second kappa shape index (κ2) is 14.0. The predicted molar refractivity (Wildman–Crippen MR) is 154 cm³/mol. The van der Waals surface area contributed by atoms with Crippen LogP contribution in [0.25, 0.3) is 10.2 Å². The smallest absolute Gasteiger partial charge is 0.309 e. The SMILES string of the molecule is CCCC[C@H]1C(=O)C(C)(C)[C@@H](O)CC(=O)O[C@H](c2ccc3sc(CO)nc3c2)C/C=C(\C)CCC[C@H](C)[C@@H]1O. The molecule has 7 nitrogen and oxygen atoms in total. The first kappa shape index (κ1) is 31.4. The molecular weight excluding hydrogens is 514 g/mol. The topological polar surface area (TPSA) is 117 Å².